The van der Waals surface area contributed by atoms with Crippen molar-refractivity contribution in [3.8, 4) is 17.1 Å². The molecule has 1 aliphatic rings. The minimum absolute atomic E-state index is 0.0220. The van der Waals surface area contributed by atoms with E-state index in [0.717, 1.165) is 16.7 Å². The van der Waals surface area contributed by atoms with Gasteiger partial charge in [-0.1, -0.05) is 24.3 Å². The molecule has 7 nitrogen and oxygen atoms in total. The summed E-state index contributed by atoms with van der Waals surface area (Å²) < 4.78 is 34.2. The lowest BCUT2D eigenvalue weighted by molar-refractivity contribution is 0.225. The zero-order valence-electron chi connectivity index (χ0n) is 16.4. The molecule has 1 aromatic heterocycles. The van der Waals surface area contributed by atoms with Crippen LogP contribution in [0.2, 0.25) is 0 Å². The van der Waals surface area contributed by atoms with Gasteiger partial charge in [0.05, 0.1) is 17.1 Å². The van der Waals surface area contributed by atoms with Crippen LogP contribution in [0.5, 0.6) is 5.88 Å². The summed E-state index contributed by atoms with van der Waals surface area (Å²) in [5.74, 6) is 0.292. The van der Waals surface area contributed by atoms with E-state index < -0.39 is 10.0 Å². The van der Waals surface area contributed by atoms with Gasteiger partial charge in [0, 0.05) is 17.3 Å². The fourth-order valence-corrected chi connectivity index (χ4v) is 4.33. The largest absolute Gasteiger partial charge is 0.473 e. The molecule has 0 saturated carbocycles. The predicted molar refractivity (Wildman–Crippen MR) is 113 cm³/mol. The third kappa shape index (κ3) is 4.02. The molecule has 150 valence electrons. The number of aryl methyl sites for hydroxylation is 2. The van der Waals surface area contributed by atoms with E-state index in [1.165, 1.54) is 6.07 Å². The molecule has 0 aliphatic carbocycles. The molecular formula is C21H22N4O3S. The van der Waals surface area contributed by atoms with E-state index in [4.69, 9.17) is 4.74 Å². The summed E-state index contributed by atoms with van der Waals surface area (Å²) in [6.45, 7) is 6.40. The summed E-state index contributed by atoms with van der Waals surface area (Å²) >= 11 is 0. The number of benzene rings is 2. The molecule has 0 saturated heterocycles. The van der Waals surface area contributed by atoms with Gasteiger partial charge >= 0.3 is 0 Å². The van der Waals surface area contributed by atoms with E-state index >= 15 is 0 Å². The molecule has 0 spiro atoms. The Labute approximate surface area is 170 Å². The molecule has 8 heteroatoms. The van der Waals surface area contributed by atoms with Gasteiger partial charge in [-0.2, -0.15) is 4.98 Å². The lowest BCUT2D eigenvalue weighted by atomic mass is 10.00. The van der Waals surface area contributed by atoms with Crippen molar-refractivity contribution in [2.24, 2.45) is 0 Å². The number of hydrogen-bond acceptors (Lipinski definition) is 6. The lowest BCUT2D eigenvalue weighted by Gasteiger charge is -2.19. The van der Waals surface area contributed by atoms with Crippen molar-refractivity contribution in [3.05, 3.63) is 59.7 Å². The Morgan fingerprint density at radius 1 is 1.03 bits per heavy atom. The highest BCUT2D eigenvalue weighted by Crippen LogP contribution is 2.30. The van der Waals surface area contributed by atoms with E-state index in [1.807, 2.05) is 45.0 Å². The number of hydrogen-bond donors (Lipinski definition) is 2. The Bertz CT molecular complexity index is 1160. The number of anilines is 2. The van der Waals surface area contributed by atoms with Crippen molar-refractivity contribution in [2.45, 2.75) is 31.8 Å². The van der Waals surface area contributed by atoms with E-state index in [-0.39, 0.29) is 16.9 Å². The van der Waals surface area contributed by atoms with Gasteiger partial charge in [-0.05, 0) is 50.1 Å². The third-order valence-electron chi connectivity index (χ3n) is 4.73. The molecule has 2 heterocycles. The van der Waals surface area contributed by atoms with Crippen LogP contribution < -0.4 is 14.8 Å². The first kappa shape index (κ1) is 19.2. The van der Waals surface area contributed by atoms with Gasteiger partial charge in [0.2, 0.25) is 11.8 Å². The number of sulfonamides is 1. The second-order valence-electron chi connectivity index (χ2n) is 7.12. The fraction of sp³-hybridized carbons (Fsp3) is 0.238. The standard InChI is InChI=1S/C21H22N4O3S/c1-13-6-4-7-14(2)20(13)18-11-19-24-21(23-18)25-29(26,27)17-9-5-8-16(10-17)22-12-15(3)28-19/h4-11,15,22H,12H2,1-3H3,(H,23,24,25). The van der Waals surface area contributed by atoms with Gasteiger partial charge in [0.15, 0.2) is 0 Å². The Balaban J connectivity index is 1.87. The number of rotatable bonds is 1. The highest BCUT2D eigenvalue weighted by atomic mass is 32.2. The molecule has 4 bridgehead atoms. The summed E-state index contributed by atoms with van der Waals surface area (Å²) in [4.78, 5) is 8.91. The monoisotopic (exact) mass is 410 g/mol. The summed E-state index contributed by atoms with van der Waals surface area (Å²) in [5, 5.41) is 3.20. The highest BCUT2D eigenvalue weighted by Gasteiger charge is 2.20. The maximum atomic E-state index is 12.9. The van der Waals surface area contributed by atoms with Crippen LogP contribution in [0.1, 0.15) is 18.1 Å². The summed E-state index contributed by atoms with van der Waals surface area (Å²) in [7, 11) is -3.85. The average Bonchev–Trinajstić information content (AvgIpc) is 2.65. The van der Waals surface area contributed by atoms with Crippen LogP contribution in [0, 0.1) is 13.8 Å². The summed E-state index contributed by atoms with van der Waals surface area (Å²) in [6, 6.07) is 14.3. The molecule has 0 radical (unpaired) electrons. The topological polar surface area (TPSA) is 93.2 Å². The van der Waals surface area contributed by atoms with Crippen molar-refractivity contribution in [1.82, 2.24) is 9.97 Å². The molecule has 1 aliphatic heterocycles. The van der Waals surface area contributed by atoms with Crippen molar-refractivity contribution >= 4 is 21.7 Å². The zero-order valence-corrected chi connectivity index (χ0v) is 17.2. The summed E-state index contributed by atoms with van der Waals surface area (Å²) in [6.07, 6.45) is -0.191. The van der Waals surface area contributed by atoms with Crippen LogP contribution in [0.4, 0.5) is 11.6 Å². The smallest absolute Gasteiger partial charge is 0.264 e. The van der Waals surface area contributed by atoms with Crippen molar-refractivity contribution < 1.29 is 13.2 Å². The normalized spacial score (nSPS) is 17.7. The van der Waals surface area contributed by atoms with Gasteiger partial charge in [0.1, 0.15) is 6.10 Å². The van der Waals surface area contributed by atoms with Crippen LogP contribution in [0.25, 0.3) is 11.3 Å². The molecule has 0 fully saturated rings. The molecule has 1 unspecified atom stereocenters. The zero-order chi connectivity index (χ0) is 20.6. The van der Waals surface area contributed by atoms with Crippen molar-refractivity contribution in [3.63, 3.8) is 0 Å². The first-order valence-corrected chi connectivity index (χ1v) is 10.8. The van der Waals surface area contributed by atoms with Gasteiger partial charge in [-0.15, -0.1) is 0 Å². The second-order valence-corrected chi connectivity index (χ2v) is 8.81. The van der Waals surface area contributed by atoms with Crippen LogP contribution in [-0.4, -0.2) is 31.0 Å². The second kappa shape index (κ2) is 7.36. The first-order chi connectivity index (χ1) is 13.8. The van der Waals surface area contributed by atoms with Gasteiger partial charge < -0.3 is 10.1 Å². The number of nitrogens with one attached hydrogen (secondary N) is 2. The molecule has 29 heavy (non-hydrogen) atoms. The molecule has 1 atom stereocenters. The van der Waals surface area contributed by atoms with Gasteiger partial charge in [0.25, 0.3) is 10.0 Å². The van der Waals surface area contributed by atoms with Crippen LogP contribution >= 0.6 is 0 Å². The minimum atomic E-state index is -3.85. The number of aromatic nitrogens is 2. The molecule has 2 aromatic carbocycles. The number of ether oxygens (including phenoxy) is 1. The molecular weight excluding hydrogens is 388 g/mol. The Morgan fingerprint density at radius 3 is 2.52 bits per heavy atom. The Hall–Kier alpha value is -3.13. The SMILES string of the molecule is Cc1cccc(C)c1-c1cc2nc(n1)NS(=O)(=O)c1cccc(c1)NCC(C)O2. The minimum Gasteiger partial charge on any atom is -0.473 e. The third-order valence-corrected chi connectivity index (χ3v) is 6.05. The van der Waals surface area contributed by atoms with Crippen molar-refractivity contribution in [2.75, 3.05) is 16.6 Å². The van der Waals surface area contributed by atoms with E-state index in [9.17, 15) is 8.42 Å². The number of nitrogens with zero attached hydrogens (tertiary/aromatic N) is 2. The molecule has 2 N–H and O–H groups in total. The fourth-order valence-electron chi connectivity index (χ4n) is 3.34. The van der Waals surface area contributed by atoms with E-state index in [0.29, 0.717) is 23.8 Å². The lowest BCUT2D eigenvalue weighted by Crippen LogP contribution is -2.24. The predicted octanol–water partition coefficient (Wildman–Crippen LogP) is 3.75. The van der Waals surface area contributed by atoms with Crippen LogP contribution in [-0.2, 0) is 10.0 Å². The Kier molecular flexibility index (Phi) is 4.87. The van der Waals surface area contributed by atoms with Crippen LogP contribution in [0.3, 0.4) is 0 Å². The van der Waals surface area contributed by atoms with Crippen LogP contribution in [0.15, 0.2) is 53.4 Å². The van der Waals surface area contributed by atoms with E-state index in [2.05, 4.69) is 20.0 Å². The average molecular weight is 410 g/mol. The molecule has 0 amide bonds. The van der Waals surface area contributed by atoms with Crippen molar-refractivity contribution in [1.29, 1.82) is 0 Å². The maximum absolute atomic E-state index is 12.9. The van der Waals surface area contributed by atoms with E-state index in [1.54, 1.807) is 18.2 Å². The quantitative estimate of drug-likeness (QED) is 0.635. The van der Waals surface area contributed by atoms with Gasteiger partial charge in [-0.3, -0.25) is 0 Å². The molecule has 4 rings (SSSR count). The van der Waals surface area contributed by atoms with Gasteiger partial charge in [-0.25, -0.2) is 18.1 Å². The first-order valence-electron chi connectivity index (χ1n) is 9.31. The molecule has 3 aromatic rings. The highest BCUT2D eigenvalue weighted by molar-refractivity contribution is 7.92. The number of fused-ring (bicyclic) bond motifs is 4. The Morgan fingerprint density at radius 2 is 1.76 bits per heavy atom. The maximum Gasteiger partial charge on any atom is 0.264 e. The summed E-state index contributed by atoms with van der Waals surface area (Å²) in [5.41, 5.74) is 4.30.